The highest BCUT2D eigenvalue weighted by Gasteiger charge is 2.41. The van der Waals surface area contributed by atoms with Gasteiger partial charge in [-0.3, -0.25) is 0 Å². The van der Waals surface area contributed by atoms with E-state index in [1.54, 1.807) is 7.11 Å². The van der Waals surface area contributed by atoms with Crippen molar-refractivity contribution in [2.75, 3.05) is 33.6 Å². The standard InChI is InChI=1S/C20H25N3O4/c1-24-16-9-18-17(26-13-27-18)8-15(16)19-22-6-7-23(19)11-14-10-20(12-25-14)2-4-21-5-3-20/h6-9,14,21H,2-5,10-13H2,1H3. The molecule has 144 valence electrons. The Hall–Kier alpha value is -2.25. The van der Waals surface area contributed by atoms with Crippen LogP contribution in [-0.2, 0) is 11.3 Å². The Bertz CT molecular complexity index is 829. The van der Waals surface area contributed by atoms with E-state index >= 15 is 0 Å². The normalized spacial score (nSPS) is 23.1. The van der Waals surface area contributed by atoms with Crippen molar-refractivity contribution in [2.24, 2.45) is 5.41 Å². The lowest BCUT2D eigenvalue weighted by atomic mass is 9.77. The van der Waals surface area contributed by atoms with Crippen LogP contribution < -0.4 is 19.5 Å². The molecular formula is C20H25N3O4. The van der Waals surface area contributed by atoms with Gasteiger partial charge in [0.05, 0.1) is 31.9 Å². The molecule has 0 aliphatic carbocycles. The van der Waals surface area contributed by atoms with Crippen LogP contribution >= 0.6 is 0 Å². The first-order valence-electron chi connectivity index (χ1n) is 9.58. The van der Waals surface area contributed by atoms with Crippen LogP contribution in [0.25, 0.3) is 11.4 Å². The Morgan fingerprint density at radius 1 is 1.26 bits per heavy atom. The molecule has 1 N–H and O–H groups in total. The maximum Gasteiger partial charge on any atom is 0.231 e. The quantitative estimate of drug-likeness (QED) is 0.891. The number of benzene rings is 1. The van der Waals surface area contributed by atoms with Gasteiger partial charge in [-0.15, -0.1) is 0 Å². The van der Waals surface area contributed by atoms with E-state index in [1.165, 1.54) is 12.8 Å². The molecule has 5 rings (SSSR count). The molecule has 0 amide bonds. The van der Waals surface area contributed by atoms with Gasteiger partial charge in [-0.1, -0.05) is 0 Å². The Labute approximate surface area is 158 Å². The summed E-state index contributed by atoms with van der Waals surface area (Å²) in [4.78, 5) is 4.59. The summed E-state index contributed by atoms with van der Waals surface area (Å²) in [5.41, 5.74) is 1.26. The molecule has 3 aliphatic heterocycles. The van der Waals surface area contributed by atoms with E-state index in [2.05, 4.69) is 14.9 Å². The SMILES string of the molecule is COc1cc2c(cc1-c1nccn1CC1CC3(CCNCC3)CO1)OCO2. The third-order valence-corrected chi connectivity index (χ3v) is 6.00. The van der Waals surface area contributed by atoms with Crippen LogP contribution in [0.1, 0.15) is 19.3 Å². The average molecular weight is 371 g/mol. The minimum atomic E-state index is 0.219. The third kappa shape index (κ3) is 3.04. The number of imidazole rings is 1. The summed E-state index contributed by atoms with van der Waals surface area (Å²) in [5, 5.41) is 3.45. The lowest BCUT2D eigenvalue weighted by molar-refractivity contribution is 0.0777. The fraction of sp³-hybridized carbons (Fsp3) is 0.550. The van der Waals surface area contributed by atoms with Crippen LogP contribution in [0.5, 0.6) is 17.2 Å². The first-order valence-corrected chi connectivity index (χ1v) is 9.58. The second-order valence-corrected chi connectivity index (χ2v) is 7.70. The van der Waals surface area contributed by atoms with Crippen LogP contribution in [0, 0.1) is 5.41 Å². The van der Waals surface area contributed by atoms with Gasteiger partial charge in [0.25, 0.3) is 0 Å². The number of hydrogen-bond donors (Lipinski definition) is 1. The smallest absolute Gasteiger partial charge is 0.231 e. The van der Waals surface area contributed by atoms with E-state index < -0.39 is 0 Å². The molecule has 1 atom stereocenters. The molecule has 4 heterocycles. The molecule has 7 heteroatoms. The molecule has 3 aliphatic rings. The predicted molar refractivity (Wildman–Crippen MR) is 99.2 cm³/mol. The van der Waals surface area contributed by atoms with Crippen LogP contribution in [0.15, 0.2) is 24.5 Å². The minimum absolute atomic E-state index is 0.219. The highest BCUT2D eigenvalue weighted by Crippen LogP contribution is 2.43. The maximum atomic E-state index is 6.19. The fourth-order valence-corrected chi connectivity index (χ4v) is 4.51. The molecule has 2 aromatic rings. The first kappa shape index (κ1) is 16.9. The number of rotatable bonds is 4. The number of methoxy groups -OCH3 is 1. The zero-order valence-corrected chi connectivity index (χ0v) is 15.6. The van der Waals surface area contributed by atoms with E-state index in [0.717, 1.165) is 55.5 Å². The average Bonchev–Trinajstić information content (AvgIpc) is 3.42. The number of hydrogen-bond acceptors (Lipinski definition) is 6. The number of fused-ring (bicyclic) bond motifs is 1. The van der Waals surface area contributed by atoms with E-state index in [-0.39, 0.29) is 12.9 Å². The Morgan fingerprint density at radius 2 is 2.07 bits per heavy atom. The van der Waals surface area contributed by atoms with Gasteiger partial charge in [0, 0.05) is 18.5 Å². The van der Waals surface area contributed by atoms with Gasteiger partial charge in [-0.25, -0.2) is 4.98 Å². The van der Waals surface area contributed by atoms with Crippen molar-refractivity contribution in [3.63, 3.8) is 0 Å². The lowest BCUT2D eigenvalue weighted by Crippen LogP contribution is -2.37. The molecule has 2 fully saturated rings. The molecular weight excluding hydrogens is 346 g/mol. The molecule has 0 radical (unpaired) electrons. The van der Waals surface area contributed by atoms with Gasteiger partial charge in [-0.2, -0.15) is 0 Å². The number of piperidine rings is 1. The van der Waals surface area contributed by atoms with Gasteiger partial charge < -0.3 is 28.8 Å². The Balaban J connectivity index is 1.39. The molecule has 0 bridgehead atoms. The summed E-state index contributed by atoms with van der Waals surface area (Å²) >= 11 is 0. The summed E-state index contributed by atoms with van der Waals surface area (Å²) in [5.74, 6) is 3.03. The van der Waals surface area contributed by atoms with Crippen molar-refractivity contribution >= 4 is 0 Å². The van der Waals surface area contributed by atoms with Crippen molar-refractivity contribution in [2.45, 2.75) is 31.9 Å². The van der Waals surface area contributed by atoms with Crippen molar-refractivity contribution in [3.8, 4) is 28.6 Å². The van der Waals surface area contributed by atoms with Gasteiger partial charge in [0.1, 0.15) is 11.6 Å². The van der Waals surface area contributed by atoms with Crippen LogP contribution in [0.4, 0.5) is 0 Å². The lowest BCUT2D eigenvalue weighted by Gasteiger charge is -2.32. The summed E-state index contributed by atoms with van der Waals surface area (Å²) in [6.07, 6.45) is 7.58. The van der Waals surface area contributed by atoms with Crippen molar-refractivity contribution in [3.05, 3.63) is 24.5 Å². The summed E-state index contributed by atoms with van der Waals surface area (Å²) < 4.78 is 24.9. The summed E-state index contributed by atoms with van der Waals surface area (Å²) in [6, 6.07) is 3.82. The van der Waals surface area contributed by atoms with Gasteiger partial charge >= 0.3 is 0 Å². The summed E-state index contributed by atoms with van der Waals surface area (Å²) in [6.45, 7) is 4.10. The summed E-state index contributed by atoms with van der Waals surface area (Å²) in [7, 11) is 1.66. The first-order chi connectivity index (χ1) is 13.3. The molecule has 27 heavy (non-hydrogen) atoms. The minimum Gasteiger partial charge on any atom is -0.496 e. The monoisotopic (exact) mass is 371 g/mol. The predicted octanol–water partition coefficient (Wildman–Crippen LogP) is 2.45. The number of aromatic nitrogens is 2. The van der Waals surface area contributed by atoms with E-state index in [9.17, 15) is 0 Å². The highest BCUT2D eigenvalue weighted by atomic mass is 16.7. The molecule has 1 aromatic carbocycles. The van der Waals surface area contributed by atoms with Gasteiger partial charge in [0.15, 0.2) is 11.5 Å². The molecule has 0 saturated carbocycles. The van der Waals surface area contributed by atoms with Crippen LogP contribution in [0.2, 0.25) is 0 Å². The number of nitrogens with zero attached hydrogens (tertiary/aromatic N) is 2. The molecule has 1 aromatic heterocycles. The van der Waals surface area contributed by atoms with Crippen LogP contribution in [-0.4, -0.2) is 49.3 Å². The third-order valence-electron chi connectivity index (χ3n) is 6.00. The Morgan fingerprint density at radius 3 is 2.89 bits per heavy atom. The van der Waals surface area contributed by atoms with E-state index in [0.29, 0.717) is 11.2 Å². The number of nitrogens with one attached hydrogen (secondary N) is 1. The highest BCUT2D eigenvalue weighted by molar-refractivity contribution is 5.70. The molecule has 2 saturated heterocycles. The van der Waals surface area contributed by atoms with Gasteiger partial charge in [-0.05, 0) is 43.8 Å². The molecule has 7 nitrogen and oxygen atoms in total. The molecule has 1 spiro atoms. The van der Waals surface area contributed by atoms with Crippen molar-refractivity contribution < 1.29 is 18.9 Å². The second kappa shape index (κ2) is 6.73. The Kier molecular flexibility index (Phi) is 4.21. The number of ether oxygens (including phenoxy) is 4. The van der Waals surface area contributed by atoms with Crippen LogP contribution in [0.3, 0.4) is 0 Å². The zero-order valence-electron chi connectivity index (χ0n) is 15.6. The van der Waals surface area contributed by atoms with Gasteiger partial charge in [0.2, 0.25) is 6.79 Å². The zero-order chi connectivity index (χ0) is 18.3. The van der Waals surface area contributed by atoms with E-state index in [4.69, 9.17) is 18.9 Å². The fourth-order valence-electron chi connectivity index (χ4n) is 4.51. The largest absolute Gasteiger partial charge is 0.496 e. The van der Waals surface area contributed by atoms with Crippen molar-refractivity contribution in [1.29, 1.82) is 0 Å². The topological polar surface area (TPSA) is 66.8 Å². The van der Waals surface area contributed by atoms with E-state index in [1.807, 2.05) is 24.5 Å². The van der Waals surface area contributed by atoms with Crippen molar-refractivity contribution in [1.82, 2.24) is 14.9 Å². The maximum absolute atomic E-state index is 6.19. The molecule has 1 unspecified atom stereocenters. The second-order valence-electron chi connectivity index (χ2n) is 7.70.